The summed E-state index contributed by atoms with van der Waals surface area (Å²) in [5.41, 5.74) is 4.39. The molecule has 1 aliphatic heterocycles. The summed E-state index contributed by atoms with van der Waals surface area (Å²) < 4.78 is 31.6. The summed E-state index contributed by atoms with van der Waals surface area (Å²) in [5, 5.41) is 0. The number of nitrogens with zero attached hydrogens (tertiary/aromatic N) is 1. The molecule has 1 aromatic carbocycles. The molecule has 23 heavy (non-hydrogen) atoms. The largest absolute Gasteiger partial charge is 0.452 e. The zero-order chi connectivity index (χ0) is 17.0. The molecule has 1 atom stereocenters. The summed E-state index contributed by atoms with van der Waals surface area (Å²) in [7, 11) is 0. The van der Waals surface area contributed by atoms with E-state index >= 15 is 0 Å². The van der Waals surface area contributed by atoms with Gasteiger partial charge in [-0.2, -0.15) is 0 Å². The molecule has 0 saturated carbocycles. The van der Waals surface area contributed by atoms with E-state index in [1.807, 2.05) is 0 Å². The molecule has 0 spiro atoms. The average Bonchev–Trinajstić information content (AvgIpc) is 2.52. The molecule has 124 valence electrons. The van der Waals surface area contributed by atoms with Gasteiger partial charge in [0.1, 0.15) is 23.2 Å². The van der Waals surface area contributed by atoms with Crippen molar-refractivity contribution in [2.75, 3.05) is 13.2 Å². The van der Waals surface area contributed by atoms with E-state index in [9.17, 15) is 23.2 Å². The predicted molar refractivity (Wildman–Crippen MR) is 75.2 cm³/mol. The highest BCUT2D eigenvalue weighted by Crippen LogP contribution is 2.18. The lowest BCUT2D eigenvalue weighted by molar-refractivity contribution is -0.143. The first-order chi connectivity index (χ1) is 10.9. The first-order valence-electron chi connectivity index (χ1n) is 7.11. The van der Waals surface area contributed by atoms with Crippen LogP contribution >= 0.6 is 0 Å². The fourth-order valence-electron chi connectivity index (χ4n) is 2.50. The van der Waals surface area contributed by atoms with Gasteiger partial charge in [0.25, 0.3) is 5.91 Å². The van der Waals surface area contributed by atoms with E-state index < -0.39 is 47.6 Å². The molecule has 2 amide bonds. The minimum absolute atomic E-state index is 0.318. The molecule has 0 radical (unpaired) electrons. The van der Waals surface area contributed by atoms with Gasteiger partial charge in [-0.3, -0.25) is 9.59 Å². The van der Waals surface area contributed by atoms with Crippen LogP contribution in [0.1, 0.15) is 29.6 Å². The smallest absolute Gasteiger partial charge is 0.344 e. The van der Waals surface area contributed by atoms with Gasteiger partial charge < -0.3 is 15.4 Å². The highest BCUT2D eigenvalue weighted by molar-refractivity contribution is 5.92. The lowest BCUT2D eigenvalue weighted by Gasteiger charge is -2.33. The molecular weight excluding hydrogens is 310 g/mol. The Hall–Kier alpha value is -2.51. The monoisotopic (exact) mass is 326 g/mol. The number of esters is 1. The summed E-state index contributed by atoms with van der Waals surface area (Å²) in [4.78, 5) is 36.4. The Morgan fingerprint density at radius 3 is 2.48 bits per heavy atom. The van der Waals surface area contributed by atoms with E-state index in [2.05, 4.69) is 4.74 Å². The first kappa shape index (κ1) is 16.9. The maximum atomic E-state index is 13.5. The van der Waals surface area contributed by atoms with Crippen LogP contribution in [0.25, 0.3) is 0 Å². The Balaban J connectivity index is 2.01. The molecule has 2 rings (SSSR count). The molecule has 1 heterocycles. The van der Waals surface area contributed by atoms with E-state index in [0.717, 1.165) is 24.6 Å². The zero-order valence-corrected chi connectivity index (χ0v) is 12.3. The minimum atomic E-state index is -1.28. The normalized spacial score (nSPS) is 17.7. The average molecular weight is 326 g/mol. The van der Waals surface area contributed by atoms with E-state index in [0.29, 0.717) is 19.4 Å². The van der Waals surface area contributed by atoms with Crippen LogP contribution in [0.4, 0.5) is 8.78 Å². The van der Waals surface area contributed by atoms with Crippen molar-refractivity contribution in [3.63, 3.8) is 0 Å². The van der Waals surface area contributed by atoms with E-state index in [4.69, 9.17) is 5.73 Å². The van der Waals surface area contributed by atoms with Crippen molar-refractivity contribution < 1.29 is 27.9 Å². The zero-order valence-electron chi connectivity index (χ0n) is 12.3. The van der Waals surface area contributed by atoms with Crippen LogP contribution in [0.2, 0.25) is 0 Å². The van der Waals surface area contributed by atoms with Crippen LogP contribution < -0.4 is 5.73 Å². The van der Waals surface area contributed by atoms with E-state index in [1.54, 1.807) is 0 Å². The summed E-state index contributed by atoms with van der Waals surface area (Å²) in [6.07, 6.45) is 1.90. The van der Waals surface area contributed by atoms with Crippen LogP contribution in [0.3, 0.4) is 0 Å². The first-order valence-corrected chi connectivity index (χ1v) is 7.11. The van der Waals surface area contributed by atoms with Crippen molar-refractivity contribution in [1.82, 2.24) is 4.90 Å². The van der Waals surface area contributed by atoms with Gasteiger partial charge in [0.2, 0.25) is 5.91 Å². The van der Waals surface area contributed by atoms with E-state index in [1.165, 1.54) is 4.90 Å². The number of hydrogen-bond donors (Lipinski definition) is 1. The Kier molecular flexibility index (Phi) is 5.25. The number of carbonyl (C=O) groups excluding carboxylic acids is 3. The number of amides is 2. The minimum Gasteiger partial charge on any atom is -0.452 e. The SMILES string of the molecule is NC(=O)[C@H]1CCCCN1C(=O)COC(=O)c1c(F)cccc1F. The number of carbonyl (C=O) groups is 3. The summed E-state index contributed by atoms with van der Waals surface area (Å²) >= 11 is 0. The highest BCUT2D eigenvalue weighted by atomic mass is 19.1. The number of nitrogens with two attached hydrogens (primary N) is 1. The second-order valence-corrected chi connectivity index (χ2v) is 5.17. The van der Waals surface area contributed by atoms with Crippen molar-refractivity contribution >= 4 is 17.8 Å². The van der Waals surface area contributed by atoms with Crippen LogP contribution in [0, 0.1) is 11.6 Å². The lowest BCUT2D eigenvalue weighted by atomic mass is 10.0. The van der Waals surface area contributed by atoms with Crippen molar-refractivity contribution in [2.24, 2.45) is 5.73 Å². The number of piperidine rings is 1. The topological polar surface area (TPSA) is 89.7 Å². The predicted octanol–water partition coefficient (Wildman–Crippen LogP) is 0.988. The van der Waals surface area contributed by atoms with E-state index in [-0.39, 0.29) is 0 Å². The summed E-state index contributed by atoms with van der Waals surface area (Å²) in [5.74, 6) is -4.68. The van der Waals surface area contributed by atoms with Gasteiger partial charge in [0, 0.05) is 6.54 Å². The Bertz CT molecular complexity index is 616. The van der Waals surface area contributed by atoms with Gasteiger partial charge >= 0.3 is 5.97 Å². The molecule has 6 nitrogen and oxygen atoms in total. The molecule has 0 aromatic heterocycles. The summed E-state index contributed by atoms with van der Waals surface area (Å²) in [6, 6.07) is 2.18. The van der Waals surface area contributed by atoms with Gasteiger partial charge in [-0.1, -0.05) is 6.07 Å². The van der Waals surface area contributed by atoms with Crippen LogP contribution in [-0.4, -0.2) is 41.9 Å². The molecule has 2 N–H and O–H groups in total. The maximum absolute atomic E-state index is 13.5. The number of rotatable bonds is 4. The van der Waals surface area contributed by atoms with Crippen molar-refractivity contribution in [2.45, 2.75) is 25.3 Å². The van der Waals surface area contributed by atoms with Gasteiger partial charge in [-0.15, -0.1) is 0 Å². The Labute approximate surface area is 131 Å². The van der Waals surface area contributed by atoms with Gasteiger partial charge in [-0.25, -0.2) is 13.6 Å². The second kappa shape index (κ2) is 7.17. The molecule has 1 fully saturated rings. The molecule has 0 unspecified atom stereocenters. The molecule has 1 aliphatic rings. The molecule has 1 aromatic rings. The number of ether oxygens (including phenoxy) is 1. The van der Waals surface area contributed by atoms with Crippen LogP contribution in [-0.2, 0) is 14.3 Å². The molecule has 0 bridgehead atoms. The fraction of sp³-hybridized carbons (Fsp3) is 0.400. The van der Waals surface area contributed by atoms with Crippen molar-refractivity contribution in [1.29, 1.82) is 0 Å². The van der Waals surface area contributed by atoms with Crippen molar-refractivity contribution in [3.05, 3.63) is 35.4 Å². The number of halogens is 2. The lowest BCUT2D eigenvalue weighted by Crippen LogP contribution is -2.51. The highest BCUT2D eigenvalue weighted by Gasteiger charge is 2.31. The molecular formula is C15H16F2N2O4. The van der Waals surface area contributed by atoms with Crippen LogP contribution in [0.5, 0.6) is 0 Å². The summed E-state index contributed by atoms with van der Waals surface area (Å²) in [6.45, 7) is -0.394. The molecule has 0 aliphatic carbocycles. The Morgan fingerprint density at radius 2 is 1.87 bits per heavy atom. The van der Waals surface area contributed by atoms with Crippen LogP contribution in [0.15, 0.2) is 18.2 Å². The molecule has 8 heteroatoms. The quantitative estimate of drug-likeness (QED) is 0.836. The fourth-order valence-corrected chi connectivity index (χ4v) is 2.50. The third-order valence-electron chi connectivity index (χ3n) is 3.65. The third-order valence-corrected chi connectivity index (χ3v) is 3.65. The number of hydrogen-bond acceptors (Lipinski definition) is 4. The van der Waals surface area contributed by atoms with Gasteiger partial charge in [0.15, 0.2) is 6.61 Å². The maximum Gasteiger partial charge on any atom is 0.344 e. The Morgan fingerprint density at radius 1 is 1.22 bits per heavy atom. The van der Waals surface area contributed by atoms with Gasteiger partial charge in [-0.05, 0) is 31.4 Å². The standard InChI is InChI=1S/C15H16F2N2O4/c16-9-4-3-5-10(17)13(9)15(22)23-8-12(20)19-7-2-1-6-11(19)14(18)21/h3-5,11H,1-2,6-8H2,(H2,18,21)/t11-/m1/s1. The van der Waals surface area contributed by atoms with Crippen molar-refractivity contribution in [3.8, 4) is 0 Å². The van der Waals surface area contributed by atoms with Gasteiger partial charge in [0.05, 0.1) is 0 Å². The second-order valence-electron chi connectivity index (χ2n) is 5.17. The number of primary amides is 1. The number of benzene rings is 1. The third kappa shape index (κ3) is 3.82. The number of likely N-dealkylation sites (tertiary alicyclic amines) is 1. The molecule has 1 saturated heterocycles.